The van der Waals surface area contributed by atoms with E-state index in [2.05, 4.69) is 50.7 Å². The van der Waals surface area contributed by atoms with Gasteiger partial charge in [-0.05, 0) is 12.0 Å². The molecule has 150 valence electrons. The summed E-state index contributed by atoms with van der Waals surface area (Å²) in [6.45, 7) is 12.8. The molecule has 3 rings (SSSR count). The minimum Gasteiger partial charge on any atom is -0.665 e. The molecule has 2 radical (unpaired) electrons. The van der Waals surface area contributed by atoms with Crippen LogP contribution in [0.5, 0.6) is 0 Å². The van der Waals surface area contributed by atoms with E-state index in [1.165, 1.54) is 5.56 Å². The molecule has 30 heavy (non-hydrogen) atoms. The molecule has 2 aromatic carbocycles. The summed E-state index contributed by atoms with van der Waals surface area (Å²) in [6.07, 6.45) is 3.62. The summed E-state index contributed by atoms with van der Waals surface area (Å²) in [5.41, 5.74) is 5.28. The Labute approximate surface area is 266 Å². The average Bonchev–Trinajstić information content (AvgIpc) is 3.13. The van der Waals surface area contributed by atoms with Crippen LogP contribution in [0.25, 0.3) is 17.0 Å². The van der Waals surface area contributed by atoms with Crippen molar-refractivity contribution in [1.82, 2.24) is 4.98 Å². The minimum absolute atomic E-state index is 0. The van der Waals surface area contributed by atoms with Gasteiger partial charge in [0, 0.05) is 58.9 Å². The standard InChI is InChI=1S/C22H20NO.CHO2.Rb.Re.Y/c1-15-10-11-20(12-16(15)2)18(4)17(3)13-21-14-23-22(24-21)19-8-6-5-7-9-19;2-1-3;;;/h5-12H,1,4,13H2,2-3H3;(H,2,3);;;/q-3;-1;+1;;. The van der Waals surface area contributed by atoms with Crippen LogP contribution in [0.1, 0.15) is 29.4 Å². The molecule has 1 aromatic heterocycles. The molecule has 0 aliphatic heterocycles. The Morgan fingerprint density at radius 3 is 2.47 bits per heavy atom. The fourth-order valence-electron chi connectivity index (χ4n) is 2.53. The molecular formula is C23H21NO3RbReY-3. The van der Waals surface area contributed by atoms with Crippen LogP contribution in [0.4, 0.5) is 0 Å². The molecule has 0 aliphatic rings. The number of rotatable bonds is 5. The first-order valence-electron chi connectivity index (χ1n) is 8.35. The first-order valence-corrected chi connectivity index (χ1v) is 8.35. The molecule has 0 saturated heterocycles. The van der Waals surface area contributed by atoms with E-state index in [0.717, 1.165) is 33.9 Å². The van der Waals surface area contributed by atoms with Crippen LogP contribution in [0.15, 0.2) is 59.5 Å². The largest absolute Gasteiger partial charge is 1.00 e. The summed E-state index contributed by atoms with van der Waals surface area (Å²) in [7, 11) is 0. The van der Waals surface area contributed by atoms with E-state index in [4.69, 9.17) is 14.3 Å². The fraction of sp³-hybridized carbons (Fsp3) is 0.130. The van der Waals surface area contributed by atoms with Gasteiger partial charge in [-0.1, -0.05) is 50.7 Å². The van der Waals surface area contributed by atoms with Crippen LogP contribution in [0, 0.1) is 26.0 Å². The number of hydrogen-bond acceptors (Lipinski definition) is 3. The smallest absolute Gasteiger partial charge is 0.665 e. The minimum atomic E-state index is 0. The number of aromatic nitrogens is 1. The molecule has 7 heteroatoms. The van der Waals surface area contributed by atoms with Crippen LogP contribution < -0.4 is 58.2 Å². The van der Waals surface area contributed by atoms with Crippen molar-refractivity contribution in [2.45, 2.75) is 20.3 Å². The third-order valence-electron chi connectivity index (χ3n) is 4.15. The van der Waals surface area contributed by atoms with Gasteiger partial charge in [-0.15, -0.1) is 6.20 Å². The molecule has 0 amide bonds. The van der Waals surface area contributed by atoms with Crippen molar-refractivity contribution in [2.24, 2.45) is 0 Å². The number of benzene rings is 2. The summed E-state index contributed by atoms with van der Waals surface area (Å²) < 4.78 is 5.83. The van der Waals surface area contributed by atoms with Gasteiger partial charge in [0.15, 0.2) is 0 Å². The first-order chi connectivity index (χ1) is 13.0. The van der Waals surface area contributed by atoms with Gasteiger partial charge >= 0.3 is 58.2 Å². The molecule has 0 atom stereocenters. The third-order valence-corrected chi connectivity index (χ3v) is 4.15. The van der Waals surface area contributed by atoms with E-state index < -0.39 is 0 Å². The molecule has 0 aliphatic carbocycles. The van der Waals surface area contributed by atoms with Crippen molar-refractivity contribution in [1.29, 1.82) is 0 Å². The maximum absolute atomic E-state index is 8.24. The van der Waals surface area contributed by atoms with Crippen LogP contribution >= 0.6 is 0 Å². The first kappa shape index (κ1) is 32.4. The van der Waals surface area contributed by atoms with Crippen molar-refractivity contribution in [2.75, 3.05) is 0 Å². The van der Waals surface area contributed by atoms with E-state index >= 15 is 0 Å². The Morgan fingerprint density at radius 2 is 1.90 bits per heavy atom. The number of hydrogen-bond donors (Lipinski definition) is 1. The van der Waals surface area contributed by atoms with Gasteiger partial charge in [0.25, 0.3) is 0 Å². The van der Waals surface area contributed by atoms with E-state index in [-0.39, 0.29) is 111 Å². The predicted octanol–water partition coefficient (Wildman–Crippen LogP) is 2.09. The van der Waals surface area contributed by atoms with Crippen LogP contribution in [0.2, 0.25) is 0 Å². The number of aliphatic hydroxyl groups excluding tert-OH is 1. The molecule has 1 N–H and O–H groups in total. The molecule has 0 fully saturated rings. The van der Waals surface area contributed by atoms with E-state index in [9.17, 15) is 0 Å². The quantitative estimate of drug-likeness (QED) is 0.411. The maximum atomic E-state index is 8.24. The van der Waals surface area contributed by atoms with Gasteiger partial charge in [-0.25, -0.2) is 0 Å². The second-order valence-electron chi connectivity index (χ2n) is 6.09. The van der Waals surface area contributed by atoms with Gasteiger partial charge in [-0.3, -0.25) is 0 Å². The summed E-state index contributed by atoms with van der Waals surface area (Å²) in [5, 5.41) is 6.76. The molecule has 4 nitrogen and oxygen atoms in total. The normalized spacial score (nSPS) is 8.87. The Hall–Kier alpha value is 0.171. The van der Waals surface area contributed by atoms with Crippen molar-refractivity contribution in [3.8, 4) is 11.5 Å². The predicted molar refractivity (Wildman–Crippen MR) is 106 cm³/mol. The van der Waals surface area contributed by atoms with E-state index in [0.29, 0.717) is 18.8 Å². The average molecular weight is 720 g/mol. The van der Waals surface area contributed by atoms with Gasteiger partial charge in [-0.2, -0.15) is 59.9 Å². The van der Waals surface area contributed by atoms with Crippen LogP contribution in [-0.4, -0.2) is 16.6 Å². The summed E-state index contributed by atoms with van der Waals surface area (Å²) >= 11 is 0. The van der Waals surface area contributed by atoms with Gasteiger partial charge < -0.3 is 19.3 Å². The van der Waals surface area contributed by atoms with Crippen molar-refractivity contribution in [3.63, 3.8) is 0 Å². The Balaban J connectivity index is 0. The van der Waals surface area contributed by atoms with E-state index in [1.54, 1.807) is 0 Å². The van der Waals surface area contributed by atoms with Crippen molar-refractivity contribution in [3.05, 3.63) is 96.6 Å². The second-order valence-corrected chi connectivity index (χ2v) is 6.09. The zero-order valence-corrected chi connectivity index (χ0v) is 27.9. The molecular weight excluding hydrogens is 699 g/mol. The molecule has 0 unspecified atom stereocenters. The van der Waals surface area contributed by atoms with Crippen LogP contribution in [0.3, 0.4) is 0 Å². The number of nitrogens with zero attached hydrogens (tertiary/aromatic N) is 1. The molecule has 0 spiro atoms. The topological polar surface area (TPSA) is 63.3 Å². The van der Waals surface area contributed by atoms with Crippen molar-refractivity contribution < 1.29 is 126 Å². The molecule has 3 aromatic rings. The SMILES string of the molecule is C=C(c1ccc([CH2-])c(C)c1)[C-](C)Cc1[c-]nc(-c2ccccc2)o1.O=[C-]O.[Rb+].[Re].[Y]. The Morgan fingerprint density at radius 1 is 1.30 bits per heavy atom. The van der Waals surface area contributed by atoms with Crippen molar-refractivity contribution >= 4 is 12.0 Å². The molecule has 0 saturated carbocycles. The molecule has 0 bridgehead atoms. The third kappa shape index (κ3) is 9.76. The Bertz CT molecular complexity index is 916. The summed E-state index contributed by atoms with van der Waals surface area (Å²) in [5.74, 6) is 2.46. The van der Waals surface area contributed by atoms with Gasteiger partial charge in [0.2, 0.25) is 0 Å². The summed E-state index contributed by atoms with van der Waals surface area (Å²) in [4.78, 5) is 12.5. The number of aryl methyl sites for hydroxylation is 1. The van der Waals surface area contributed by atoms with Crippen LogP contribution in [-0.2, 0) is 64.3 Å². The zero-order chi connectivity index (χ0) is 19.8. The number of allylic oxidation sites excluding steroid dienone is 1. The van der Waals surface area contributed by atoms with E-state index in [1.807, 2.05) is 36.4 Å². The Kier molecular flexibility index (Phi) is 18.1. The number of oxazole rings is 1. The fourth-order valence-corrected chi connectivity index (χ4v) is 2.53. The zero-order valence-electron chi connectivity index (χ0n) is 17.4. The maximum Gasteiger partial charge on any atom is 1.00 e. The van der Waals surface area contributed by atoms with Gasteiger partial charge in [0.05, 0.1) is 5.89 Å². The monoisotopic (exact) mass is 720 g/mol. The molecule has 1 heterocycles. The second kappa shape index (κ2) is 16.8. The summed E-state index contributed by atoms with van der Waals surface area (Å²) in [6, 6.07) is 16.0. The van der Waals surface area contributed by atoms with Gasteiger partial charge in [0.1, 0.15) is 0 Å².